The Balaban J connectivity index is 2.22. The fourth-order valence-electron chi connectivity index (χ4n) is 1.60. The minimum absolute atomic E-state index is 0.00628. The number of hydrogen-bond acceptors (Lipinski definition) is 3. The second-order valence-corrected chi connectivity index (χ2v) is 4.13. The van der Waals surface area contributed by atoms with Crippen molar-refractivity contribution >= 4 is 29.2 Å². The van der Waals surface area contributed by atoms with E-state index < -0.39 is 11.9 Å². The number of anilines is 1. The van der Waals surface area contributed by atoms with Gasteiger partial charge in [0.15, 0.2) is 0 Å². The van der Waals surface area contributed by atoms with Gasteiger partial charge in [0.25, 0.3) is 5.91 Å². The number of furan rings is 1. The van der Waals surface area contributed by atoms with Gasteiger partial charge in [-0.3, -0.25) is 9.59 Å². The Morgan fingerprint density at radius 2 is 2.00 bits per heavy atom. The summed E-state index contributed by atoms with van der Waals surface area (Å²) in [5, 5.41) is 11.4. The number of nitrogens with one attached hydrogen (secondary N) is 1. The lowest BCUT2D eigenvalue weighted by Gasteiger charge is -2.08. The minimum atomic E-state index is -0.969. The van der Waals surface area contributed by atoms with Crippen LogP contribution < -0.4 is 5.32 Å². The van der Waals surface area contributed by atoms with Crippen molar-refractivity contribution in [1.29, 1.82) is 0 Å². The number of hydrogen-bond donors (Lipinski definition) is 2. The van der Waals surface area contributed by atoms with Crippen molar-refractivity contribution in [3.63, 3.8) is 0 Å². The third-order valence-electron chi connectivity index (χ3n) is 2.47. The molecule has 0 unspecified atom stereocenters. The van der Waals surface area contributed by atoms with Crippen LogP contribution in [0.15, 0.2) is 41.0 Å². The van der Waals surface area contributed by atoms with Crippen molar-refractivity contribution in [1.82, 2.24) is 0 Å². The predicted octanol–water partition coefficient (Wildman–Crippen LogP) is 2.81. The number of carbonyl (C=O) groups is 2. The number of aliphatic carboxylic acids is 1. The zero-order valence-corrected chi connectivity index (χ0v) is 10.5. The lowest BCUT2D eigenvalue weighted by molar-refractivity contribution is -0.136. The molecule has 1 aromatic heterocycles. The first kappa shape index (κ1) is 13.2. The summed E-state index contributed by atoms with van der Waals surface area (Å²) in [5.74, 6) is -1.42. The van der Waals surface area contributed by atoms with E-state index in [0.717, 1.165) is 0 Å². The number of carbonyl (C=O) groups excluding carboxylic acids is 1. The molecule has 0 saturated heterocycles. The quantitative estimate of drug-likeness (QED) is 0.902. The molecule has 0 atom stereocenters. The van der Waals surface area contributed by atoms with Gasteiger partial charge in [-0.15, -0.1) is 0 Å². The monoisotopic (exact) mass is 279 g/mol. The molecule has 98 valence electrons. The summed E-state index contributed by atoms with van der Waals surface area (Å²) < 4.78 is 4.83. The molecule has 1 aromatic carbocycles. The molecule has 1 amide bonds. The average molecular weight is 280 g/mol. The lowest BCUT2D eigenvalue weighted by atomic mass is 10.1. The number of benzene rings is 1. The van der Waals surface area contributed by atoms with E-state index in [1.165, 1.54) is 12.3 Å². The first-order valence-corrected chi connectivity index (χ1v) is 5.80. The standard InChI is InChI=1S/C13H10ClNO4/c14-12-9(5-6-19-12)13(18)15-10-4-2-1-3-8(10)7-11(16)17/h1-6H,7H2,(H,15,18)(H,16,17). The number of amides is 1. The number of halogens is 1. The highest BCUT2D eigenvalue weighted by Gasteiger charge is 2.15. The molecule has 0 radical (unpaired) electrons. The third kappa shape index (κ3) is 3.14. The van der Waals surface area contributed by atoms with E-state index in [9.17, 15) is 9.59 Å². The third-order valence-corrected chi connectivity index (χ3v) is 2.76. The van der Waals surface area contributed by atoms with Crippen LogP contribution in [-0.4, -0.2) is 17.0 Å². The molecule has 19 heavy (non-hydrogen) atoms. The molecule has 0 aliphatic heterocycles. The molecule has 0 bridgehead atoms. The Kier molecular flexibility index (Phi) is 3.87. The lowest BCUT2D eigenvalue weighted by Crippen LogP contribution is -2.14. The summed E-state index contributed by atoms with van der Waals surface area (Å²) >= 11 is 5.70. The van der Waals surface area contributed by atoms with E-state index >= 15 is 0 Å². The highest BCUT2D eigenvalue weighted by molar-refractivity contribution is 6.32. The molecule has 1 heterocycles. The van der Waals surface area contributed by atoms with E-state index in [1.807, 2.05) is 0 Å². The minimum Gasteiger partial charge on any atom is -0.481 e. The van der Waals surface area contributed by atoms with Crippen molar-refractivity contribution in [2.24, 2.45) is 0 Å². The first-order valence-electron chi connectivity index (χ1n) is 5.42. The number of para-hydroxylation sites is 1. The molecule has 0 spiro atoms. The van der Waals surface area contributed by atoms with Crippen LogP contribution in [0.25, 0.3) is 0 Å². The van der Waals surface area contributed by atoms with Gasteiger partial charge in [0.05, 0.1) is 18.2 Å². The smallest absolute Gasteiger partial charge is 0.307 e. The molecular formula is C13H10ClNO4. The maximum absolute atomic E-state index is 11.9. The number of rotatable bonds is 4. The molecule has 2 N–H and O–H groups in total. The van der Waals surface area contributed by atoms with Crippen molar-refractivity contribution in [2.45, 2.75) is 6.42 Å². The van der Waals surface area contributed by atoms with Crippen molar-refractivity contribution in [3.05, 3.63) is 52.9 Å². The van der Waals surface area contributed by atoms with Crippen LogP contribution in [0.2, 0.25) is 5.22 Å². The van der Waals surface area contributed by atoms with Crippen molar-refractivity contribution in [3.8, 4) is 0 Å². The van der Waals surface area contributed by atoms with E-state index in [0.29, 0.717) is 11.3 Å². The van der Waals surface area contributed by atoms with Gasteiger partial charge < -0.3 is 14.8 Å². The van der Waals surface area contributed by atoms with Gasteiger partial charge in [0, 0.05) is 5.69 Å². The summed E-state index contributed by atoms with van der Waals surface area (Å²) in [4.78, 5) is 22.7. The Hall–Kier alpha value is -2.27. The largest absolute Gasteiger partial charge is 0.481 e. The van der Waals surface area contributed by atoms with Gasteiger partial charge >= 0.3 is 5.97 Å². The second kappa shape index (κ2) is 5.58. The van der Waals surface area contributed by atoms with Gasteiger partial charge in [0.2, 0.25) is 5.22 Å². The molecule has 5 nitrogen and oxygen atoms in total. The van der Waals surface area contributed by atoms with Gasteiger partial charge in [-0.25, -0.2) is 0 Å². The van der Waals surface area contributed by atoms with E-state index in [4.69, 9.17) is 21.1 Å². The zero-order valence-electron chi connectivity index (χ0n) is 9.72. The van der Waals surface area contributed by atoms with E-state index in [1.54, 1.807) is 24.3 Å². The molecule has 2 rings (SSSR count). The maximum atomic E-state index is 11.9. The molecule has 0 aliphatic carbocycles. The Morgan fingerprint density at radius 3 is 2.63 bits per heavy atom. The zero-order chi connectivity index (χ0) is 13.8. The fraction of sp³-hybridized carbons (Fsp3) is 0.0769. The van der Waals surface area contributed by atoms with Crippen LogP contribution in [-0.2, 0) is 11.2 Å². The van der Waals surface area contributed by atoms with E-state index in [2.05, 4.69) is 5.32 Å². The summed E-state index contributed by atoms with van der Waals surface area (Å²) in [6.45, 7) is 0. The normalized spacial score (nSPS) is 10.2. The maximum Gasteiger partial charge on any atom is 0.307 e. The van der Waals surface area contributed by atoms with Gasteiger partial charge in [-0.2, -0.15) is 0 Å². The van der Waals surface area contributed by atoms with Crippen LogP contribution in [0.3, 0.4) is 0 Å². The van der Waals surface area contributed by atoms with Crippen LogP contribution >= 0.6 is 11.6 Å². The molecule has 0 saturated carbocycles. The van der Waals surface area contributed by atoms with Gasteiger partial charge in [-0.1, -0.05) is 18.2 Å². The first-order chi connectivity index (χ1) is 9.08. The molecule has 0 aliphatic rings. The topological polar surface area (TPSA) is 79.5 Å². The van der Waals surface area contributed by atoms with Crippen molar-refractivity contribution < 1.29 is 19.1 Å². The summed E-state index contributed by atoms with van der Waals surface area (Å²) in [6, 6.07) is 8.12. The highest BCUT2D eigenvalue weighted by Crippen LogP contribution is 2.21. The Morgan fingerprint density at radius 1 is 1.26 bits per heavy atom. The second-order valence-electron chi connectivity index (χ2n) is 3.79. The summed E-state index contributed by atoms with van der Waals surface area (Å²) in [5.41, 5.74) is 1.15. The highest BCUT2D eigenvalue weighted by atomic mass is 35.5. The van der Waals surface area contributed by atoms with E-state index in [-0.39, 0.29) is 17.2 Å². The SMILES string of the molecule is O=C(O)Cc1ccccc1NC(=O)c1ccoc1Cl. The molecular weight excluding hydrogens is 270 g/mol. The van der Waals surface area contributed by atoms with Gasteiger partial charge in [0.1, 0.15) is 0 Å². The predicted molar refractivity (Wildman–Crippen MR) is 69.5 cm³/mol. The summed E-state index contributed by atoms with van der Waals surface area (Å²) in [7, 11) is 0. The van der Waals surface area contributed by atoms with Gasteiger partial charge in [-0.05, 0) is 29.3 Å². The summed E-state index contributed by atoms with van der Waals surface area (Å²) in [6.07, 6.45) is 1.13. The van der Waals surface area contributed by atoms with Crippen LogP contribution in [0.4, 0.5) is 5.69 Å². The molecule has 6 heteroatoms. The average Bonchev–Trinajstić information content (AvgIpc) is 2.77. The Bertz CT molecular complexity index is 621. The van der Waals surface area contributed by atoms with Crippen LogP contribution in [0.5, 0.6) is 0 Å². The number of carboxylic acid groups (broad SMARTS) is 1. The molecule has 2 aromatic rings. The fourth-order valence-corrected chi connectivity index (χ4v) is 1.80. The van der Waals surface area contributed by atoms with Crippen LogP contribution in [0.1, 0.15) is 15.9 Å². The van der Waals surface area contributed by atoms with Crippen LogP contribution in [0, 0.1) is 0 Å². The number of carboxylic acids is 1. The molecule has 0 fully saturated rings. The van der Waals surface area contributed by atoms with Crippen molar-refractivity contribution in [2.75, 3.05) is 5.32 Å². The Labute approximate surface area is 113 Å².